The number of hydrogen-bond donors (Lipinski definition) is 2. The number of nitrogens with zero attached hydrogens (tertiary/aromatic N) is 1. The minimum atomic E-state index is 0.671. The number of nitrogens with one attached hydrogen (secondary N) is 2. The van der Waals surface area contributed by atoms with E-state index in [1.807, 2.05) is 18.2 Å². The molecule has 1 aromatic heterocycles. The van der Waals surface area contributed by atoms with Crippen LogP contribution in [0.1, 0.15) is 19.8 Å². The molecule has 1 heterocycles. The van der Waals surface area contributed by atoms with Crippen molar-refractivity contribution in [3.05, 3.63) is 18.2 Å². The molecule has 1 aromatic rings. The predicted octanol–water partition coefficient (Wildman–Crippen LogP) is 2.09. The maximum absolute atomic E-state index is 4.42. The smallest absolute Gasteiger partial charge is 0.128 e. The van der Waals surface area contributed by atoms with Crippen molar-refractivity contribution in [2.24, 2.45) is 0 Å². The molecule has 0 spiro atoms. The molecule has 0 amide bonds. The van der Waals surface area contributed by atoms with E-state index in [1.165, 1.54) is 12.8 Å². The summed E-state index contributed by atoms with van der Waals surface area (Å²) in [5, 5.41) is 6.55. The first-order valence-corrected chi connectivity index (χ1v) is 4.86. The van der Waals surface area contributed by atoms with Crippen LogP contribution in [-0.4, -0.2) is 17.6 Å². The number of anilines is 2. The Morgan fingerprint density at radius 3 is 2.85 bits per heavy atom. The van der Waals surface area contributed by atoms with Gasteiger partial charge in [0.1, 0.15) is 11.6 Å². The molecule has 0 bridgehead atoms. The number of pyridine rings is 1. The van der Waals surface area contributed by atoms with Gasteiger partial charge in [-0.25, -0.2) is 4.98 Å². The zero-order valence-electron chi connectivity index (χ0n) is 7.88. The fraction of sp³-hybridized carbons (Fsp3) is 0.500. The van der Waals surface area contributed by atoms with Gasteiger partial charge in [0.25, 0.3) is 0 Å². The van der Waals surface area contributed by atoms with Gasteiger partial charge < -0.3 is 10.6 Å². The summed E-state index contributed by atoms with van der Waals surface area (Å²) >= 11 is 0. The van der Waals surface area contributed by atoms with E-state index in [2.05, 4.69) is 22.5 Å². The molecule has 70 valence electrons. The van der Waals surface area contributed by atoms with Crippen LogP contribution in [0.5, 0.6) is 0 Å². The minimum Gasteiger partial charge on any atom is -0.370 e. The topological polar surface area (TPSA) is 37.0 Å². The van der Waals surface area contributed by atoms with Gasteiger partial charge in [-0.2, -0.15) is 0 Å². The molecule has 0 aromatic carbocycles. The van der Waals surface area contributed by atoms with E-state index in [0.29, 0.717) is 6.04 Å². The van der Waals surface area contributed by atoms with Gasteiger partial charge in [0, 0.05) is 12.6 Å². The molecule has 1 aliphatic rings. The maximum Gasteiger partial charge on any atom is 0.128 e. The number of aromatic nitrogens is 1. The van der Waals surface area contributed by atoms with Crippen molar-refractivity contribution in [3.8, 4) is 0 Å². The Morgan fingerprint density at radius 2 is 2.15 bits per heavy atom. The monoisotopic (exact) mass is 177 g/mol. The SMILES string of the molecule is CCNc1cccc(NC2CC2)n1. The van der Waals surface area contributed by atoms with Crippen LogP contribution in [0.2, 0.25) is 0 Å². The minimum absolute atomic E-state index is 0.671. The van der Waals surface area contributed by atoms with Gasteiger partial charge >= 0.3 is 0 Å². The molecule has 13 heavy (non-hydrogen) atoms. The number of hydrogen-bond acceptors (Lipinski definition) is 3. The molecule has 0 atom stereocenters. The van der Waals surface area contributed by atoms with Crippen molar-refractivity contribution in [1.82, 2.24) is 4.98 Å². The largest absolute Gasteiger partial charge is 0.370 e. The van der Waals surface area contributed by atoms with Crippen LogP contribution in [0.3, 0.4) is 0 Å². The fourth-order valence-electron chi connectivity index (χ4n) is 1.23. The van der Waals surface area contributed by atoms with E-state index in [1.54, 1.807) is 0 Å². The first-order valence-electron chi connectivity index (χ1n) is 4.86. The van der Waals surface area contributed by atoms with Crippen LogP contribution in [0.25, 0.3) is 0 Å². The first kappa shape index (κ1) is 8.35. The Bertz CT molecular complexity index is 281. The molecular weight excluding hydrogens is 162 g/mol. The summed E-state index contributed by atoms with van der Waals surface area (Å²) in [5.74, 6) is 1.94. The van der Waals surface area contributed by atoms with E-state index in [0.717, 1.165) is 18.2 Å². The van der Waals surface area contributed by atoms with Crippen molar-refractivity contribution < 1.29 is 0 Å². The molecule has 2 N–H and O–H groups in total. The normalized spacial score (nSPS) is 15.5. The Hall–Kier alpha value is -1.25. The summed E-state index contributed by atoms with van der Waals surface area (Å²) in [5.41, 5.74) is 0. The van der Waals surface area contributed by atoms with Gasteiger partial charge in [-0.3, -0.25) is 0 Å². The summed E-state index contributed by atoms with van der Waals surface area (Å²) in [6, 6.07) is 6.69. The lowest BCUT2D eigenvalue weighted by Crippen LogP contribution is -2.05. The zero-order valence-corrected chi connectivity index (χ0v) is 7.88. The average molecular weight is 177 g/mol. The van der Waals surface area contributed by atoms with Crippen LogP contribution in [0, 0.1) is 0 Å². The quantitative estimate of drug-likeness (QED) is 0.739. The Morgan fingerprint density at radius 1 is 1.38 bits per heavy atom. The molecule has 0 saturated heterocycles. The molecule has 2 rings (SSSR count). The van der Waals surface area contributed by atoms with Crippen LogP contribution in [-0.2, 0) is 0 Å². The lowest BCUT2D eigenvalue weighted by Gasteiger charge is -2.06. The van der Waals surface area contributed by atoms with Crippen LogP contribution < -0.4 is 10.6 Å². The molecule has 1 fully saturated rings. The van der Waals surface area contributed by atoms with Gasteiger partial charge in [0.2, 0.25) is 0 Å². The van der Waals surface area contributed by atoms with Crippen molar-refractivity contribution in [1.29, 1.82) is 0 Å². The maximum atomic E-state index is 4.42. The van der Waals surface area contributed by atoms with E-state index < -0.39 is 0 Å². The summed E-state index contributed by atoms with van der Waals surface area (Å²) in [4.78, 5) is 4.42. The summed E-state index contributed by atoms with van der Waals surface area (Å²) in [7, 11) is 0. The molecule has 3 nitrogen and oxygen atoms in total. The first-order chi connectivity index (χ1) is 6.38. The Kier molecular flexibility index (Phi) is 2.34. The fourth-order valence-corrected chi connectivity index (χ4v) is 1.23. The Balaban J connectivity index is 2.02. The molecule has 0 aliphatic heterocycles. The molecule has 0 unspecified atom stereocenters. The van der Waals surface area contributed by atoms with Gasteiger partial charge in [0.05, 0.1) is 0 Å². The van der Waals surface area contributed by atoms with Crippen LogP contribution in [0.15, 0.2) is 18.2 Å². The lowest BCUT2D eigenvalue weighted by molar-refractivity contribution is 1.10. The number of rotatable bonds is 4. The lowest BCUT2D eigenvalue weighted by atomic mass is 10.4. The molecule has 1 aliphatic carbocycles. The van der Waals surface area contributed by atoms with Crippen molar-refractivity contribution in [3.63, 3.8) is 0 Å². The van der Waals surface area contributed by atoms with Crippen molar-refractivity contribution >= 4 is 11.6 Å². The third-order valence-electron chi connectivity index (χ3n) is 2.04. The van der Waals surface area contributed by atoms with Crippen molar-refractivity contribution in [2.45, 2.75) is 25.8 Å². The van der Waals surface area contributed by atoms with Gasteiger partial charge in [-0.05, 0) is 31.9 Å². The molecule has 0 radical (unpaired) electrons. The second-order valence-electron chi connectivity index (χ2n) is 3.36. The van der Waals surface area contributed by atoms with Crippen molar-refractivity contribution in [2.75, 3.05) is 17.2 Å². The highest BCUT2D eigenvalue weighted by Gasteiger charge is 2.21. The van der Waals surface area contributed by atoms with E-state index in [-0.39, 0.29) is 0 Å². The molecule has 3 heteroatoms. The standard InChI is InChI=1S/C10H15N3/c1-2-11-9-4-3-5-10(13-9)12-8-6-7-8/h3-5,8H,2,6-7H2,1H3,(H2,11,12,13). The van der Waals surface area contributed by atoms with Crippen LogP contribution in [0.4, 0.5) is 11.6 Å². The van der Waals surface area contributed by atoms with E-state index in [4.69, 9.17) is 0 Å². The third kappa shape index (κ3) is 2.34. The summed E-state index contributed by atoms with van der Waals surface area (Å²) in [6.07, 6.45) is 2.57. The highest BCUT2D eigenvalue weighted by atomic mass is 15.1. The predicted molar refractivity (Wildman–Crippen MR) is 55.0 cm³/mol. The van der Waals surface area contributed by atoms with Gasteiger partial charge in [-0.15, -0.1) is 0 Å². The Labute approximate surface area is 78.6 Å². The average Bonchev–Trinajstić information content (AvgIpc) is 2.90. The highest BCUT2D eigenvalue weighted by Crippen LogP contribution is 2.23. The van der Waals surface area contributed by atoms with Crippen LogP contribution >= 0.6 is 0 Å². The summed E-state index contributed by atoms with van der Waals surface area (Å²) in [6.45, 7) is 2.99. The summed E-state index contributed by atoms with van der Waals surface area (Å²) < 4.78 is 0. The second kappa shape index (κ2) is 3.64. The zero-order chi connectivity index (χ0) is 9.10. The highest BCUT2D eigenvalue weighted by molar-refractivity contribution is 5.46. The third-order valence-corrected chi connectivity index (χ3v) is 2.04. The second-order valence-corrected chi connectivity index (χ2v) is 3.36. The molecular formula is C10H15N3. The van der Waals surface area contributed by atoms with Gasteiger partial charge in [0.15, 0.2) is 0 Å². The molecule has 1 saturated carbocycles. The van der Waals surface area contributed by atoms with E-state index in [9.17, 15) is 0 Å². The van der Waals surface area contributed by atoms with Gasteiger partial charge in [-0.1, -0.05) is 6.07 Å². The van der Waals surface area contributed by atoms with E-state index >= 15 is 0 Å².